The summed E-state index contributed by atoms with van der Waals surface area (Å²) in [5.74, 6) is 0.311. The molecule has 3 aromatic heterocycles. The van der Waals surface area contributed by atoms with Gasteiger partial charge in [0.25, 0.3) is 5.91 Å². The number of anilines is 1. The maximum Gasteiger partial charge on any atom is 0.259 e. The zero-order valence-corrected chi connectivity index (χ0v) is 24.7. The number of fused-ring (bicyclic) bond motifs is 1. The molecule has 0 saturated carbocycles. The Labute approximate surface area is 248 Å². The second-order valence-electron chi connectivity index (χ2n) is 9.98. The number of piperazine rings is 1. The van der Waals surface area contributed by atoms with Crippen molar-refractivity contribution >= 4 is 58.3 Å². The van der Waals surface area contributed by atoms with Gasteiger partial charge in [0.1, 0.15) is 6.54 Å². The van der Waals surface area contributed by atoms with E-state index in [1.165, 1.54) is 0 Å². The summed E-state index contributed by atoms with van der Waals surface area (Å²) >= 11 is 6.26. The fraction of sp³-hybridized carbons (Fsp3) is 0.357. The lowest BCUT2D eigenvalue weighted by atomic mass is 10.1. The van der Waals surface area contributed by atoms with Gasteiger partial charge in [-0.3, -0.25) is 14.4 Å². The van der Waals surface area contributed by atoms with Gasteiger partial charge in [0.15, 0.2) is 17.4 Å². The number of Topliss-reactive ketones (excluding diaryl/α,β-unsaturated/α-hetero) is 1. The van der Waals surface area contributed by atoms with Crippen molar-refractivity contribution in [3.63, 3.8) is 0 Å². The first kappa shape index (κ1) is 30.2. The number of nitrogens with zero attached hydrogens (tertiary/aromatic N) is 7. The smallest absolute Gasteiger partial charge is 0.259 e. The minimum atomic E-state index is -0.400. The summed E-state index contributed by atoms with van der Waals surface area (Å²) in [7, 11) is 2.04. The molecule has 2 amide bonds. The van der Waals surface area contributed by atoms with Crippen molar-refractivity contribution in [1.29, 1.82) is 0 Å². The predicted octanol–water partition coefficient (Wildman–Crippen LogP) is 4.01. The third-order valence-electron chi connectivity index (χ3n) is 7.15. The number of hydrogen-bond donors (Lipinski definition) is 1. The van der Waals surface area contributed by atoms with Gasteiger partial charge in [0.2, 0.25) is 5.91 Å². The highest BCUT2D eigenvalue weighted by atomic mass is 35.5. The molecule has 0 spiro atoms. The van der Waals surface area contributed by atoms with Crippen LogP contribution in [0, 0.1) is 6.92 Å². The lowest BCUT2D eigenvalue weighted by molar-refractivity contribution is -0.133. The Morgan fingerprint density at radius 1 is 1.02 bits per heavy atom. The molecule has 13 heteroatoms. The number of carbonyl (C=O) groups is 3. The van der Waals surface area contributed by atoms with Gasteiger partial charge < -0.3 is 19.7 Å². The molecule has 1 fully saturated rings. The average Bonchev–Trinajstić information content (AvgIpc) is 3.49. The largest absolute Gasteiger partial charge is 0.339 e. The molecule has 1 aliphatic heterocycles. The molecule has 0 atom stereocenters. The third-order valence-corrected chi connectivity index (χ3v) is 7.38. The van der Waals surface area contributed by atoms with E-state index in [2.05, 4.69) is 25.5 Å². The van der Waals surface area contributed by atoms with Gasteiger partial charge in [-0.1, -0.05) is 18.5 Å². The molecule has 0 aliphatic carbocycles. The van der Waals surface area contributed by atoms with E-state index in [1.807, 2.05) is 31.9 Å². The molecular formula is C28H32Cl2N8O3. The second-order valence-corrected chi connectivity index (χ2v) is 10.4. The zero-order valence-electron chi connectivity index (χ0n) is 23.1. The SMILES string of the molecule is CCCC(=O)c1cnn(-c2ccc(NC(=O)c3cn(CC(=O)N4CCN(C)CC4)c4ccc(Cl)cc34)nn2)c1C.Cl. The van der Waals surface area contributed by atoms with Gasteiger partial charge in [-0.2, -0.15) is 5.10 Å². The normalized spacial score (nSPS) is 13.7. The summed E-state index contributed by atoms with van der Waals surface area (Å²) in [6.45, 7) is 6.90. The molecule has 4 heterocycles. The first-order chi connectivity index (χ1) is 19.2. The standard InChI is InChI=1S/C28H31ClN8O3.ClH/c1-4-5-24(38)21-15-30-37(18(21)2)26-9-8-25(32-33-26)31-28(40)22-16-36(23-7-6-19(29)14-20(22)23)17-27(39)35-12-10-34(3)11-13-35;/h6-9,14-16H,4-5,10-13,17H2,1-3H3,(H,31,32,40);1H. The molecule has 216 valence electrons. The highest BCUT2D eigenvalue weighted by Crippen LogP contribution is 2.26. The number of halogens is 2. The van der Waals surface area contributed by atoms with Crippen LogP contribution >= 0.6 is 24.0 Å². The number of aromatic nitrogens is 5. The van der Waals surface area contributed by atoms with E-state index in [1.54, 1.807) is 45.9 Å². The van der Waals surface area contributed by atoms with E-state index < -0.39 is 5.91 Å². The lowest BCUT2D eigenvalue weighted by Gasteiger charge is -2.32. The Balaban J connectivity index is 0.00000387. The summed E-state index contributed by atoms with van der Waals surface area (Å²) in [6, 6.07) is 8.57. The van der Waals surface area contributed by atoms with Gasteiger partial charge in [0, 0.05) is 54.7 Å². The van der Waals surface area contributed by atoms with Gasteiger partial charge in [0.05, 0.1) is 23.0 Å². The van der Waals surface area contributed by atoms with Crippen molar-refractivity contribution in [1.82, 2.24) is 34.3 Å². The Kier molecular flexibility index (Phi) is 9.42. The Bertz CT molecular complexity index is 1570. The van der Waals surface area contributed by atoms with Crippen LogP contribution in [0.3, 0.4) is 0 Å². The molecule has 11 nitrogen and oxygen atoms in total. The van der Waals surface area contributed by atoms with Crippen LogP contribution in [0.4, 0.5) is 5.82 Å². The molecule has 5 rings (SSSR count). The van der Waals surface area contributed by atoms with Crippen molar-refractivity contribution in [2.24, 2.45) is 0 Å². The number of amides is 2. The zero-order chi connectivity index (χ0) is 28.4. The van der Waals surface area contributed by atoms with E-state index in [0.29, 0.717) is 52.6 Å². The maximum absolute atomic E-state index is 13.3. The quantitative estimate of drug-likeness (QED) is 0.304. The Morgan fingerprint density at radius 2 is 1.78 bits per heavy atom. The van der Waals surface area contributed by atoms with Crippen LogP contribution in [-0.4, -0.2) is 85.2 Å². The van der Waals surface area contributed by atoms with E-state index in [4.69, 9.17) is 11.6 Å². The number of ketones is 1. The summed E-state index contributed by atoms with van der Waals surface area (Å²) in [5, 5.41) is 16.5. The number of likely N-dealkylation sites (N-methyl/N-ethyl adjacent to an activating group) is 1. The van der Waals surface area contributed by atoms with Crippen LogP contribution in [0.5, 0.6) is 0 Å². The van der Waals surface area contributed by atoms with Crippen LogP contribution < -0.4 is 5.32 Å². The topological polar surface area (TPSA) is 118 Å². The van der Waals surface area contributed by atoms with Gasteiger partial charge in [-0.25, -0.2) is 4.68 Å². The maximum atomic E-state index is 13.3. The van der Waals surface area contributed by atoms with Gasteiger partial charge in [-0.15, -0.1) is 22.6 Å². The highest BCUT2D eigenvalue weighted by molar-refractivity contribution is 6.31. The fourth-order valence-electron chi connectivity index (χ4n) is 4.85. The number of nitrogens with one attached hydrogen (secondary N) is 1. The molecule has 41 heavy (non-hydrogen) atoms. The Morgan fingerprint density at radius 3 is 2.46 bits per heavy atom. The van der Waals surface area contributed by atoms with E-state index in [-0.39, 0.29) is 36.5 Å². The van der Waals surface area contributed by atoms with Gasteiger partial charge >= 0.3 is 0 Å². The van der Waals surface area contributed by atoms with Crippen LogP contribution in [0.1, 0.15) is 46.2 Å². The van der Waals surface area contributed by atoms with E-state index >= 15 is 0 Å². The molecule has 0 bridgehead atoms. The predicted molar refractivity (Wildman–Crippen MR) is 159 cm³/mol. The van der Waals surface area contributed by atoms with Crippen molar-refractivity contribution in [3.05, 3.63) is 64.6 Å². The molecular weight excluding hydrogens is 567 g/mol. The molecule has 1 saturated heterocycles. The number of carbonyl (C=O) groups excluding carboxylic acids is 3. The van der Waals surface area contributed by atoms with E-state index in [0.717, 1.165) is 25.0 Å². The third kappa shape index (κ3) is 6.42. The number of rotatable bonds is 8. The van der Waals surface area contributed by atoms with Crippen molar-refractivity contribution in [2.45, 2.75) is 33.2 Å². The van der Waals surface area contributed by atoms with Crippen LogP contribution in [0.2, 0.25) is 5.02 Å². The van der Waals surface area contributed by atoms with Crippen LogP contribution in [0.25, 0.3) is 16.7 Å². The molecule has 0 unspecified atom stereocenters. The second kappa shape index (κ2) is 12.8. The number of hydrogen-bond acceptors (Lipinski definition) is 7. The highest BCUT2D eigenvalue weighted by Gasteiger charge is 2.22. The first-order valence-electron chi connectivity index (χ1n) is 13.2. The molecule has 0 radical (unpaired) electrons. The van der Waals surface area contributed by atoms with E-state index in [9.17, 15) is 14.4 Å². The average molecular weight is 600 g/mol. The first-order valence-corrected chi connectivity index (χ1v) is 13.6. The molecule has 1 aromatic carbocycles. The summed E-state index contributed by atoms with van der Waals surface area (Å²) in [4.78, 5) is 42.7. The molecule has 4 aromatic rings. The monoisotopic (exact) mass is 598 g/mol. The minimum absolute atomic E-state index is 0. The lowest BCUT2D eigenvalue weighted by Crippen LogP contribution is -2.48. The van der Waals surface area contributed by atoms with Crippen molar-refractivity contribution < 1.29 is 14.4 Å². The minimum Gasteiger partial charge on any atom is -0.339 e. The summed E-state index contributed by atoms with van der Waals surface area (Å²) in [6.07, 6.45) is 4.43. The fourth-order valence-corrected chi connectivity index (χ4v) is 5.02. The summed E-state index contributed by atoms with van der Waals surface area (Å²) < 4.78 is 3.34. The van der Waals surface area contributed by atoms with Crippen molar-refractivity contribution in [3.8, 4) is 5.82 Å². The van der Waals surface area contributed by atoms with Crippen molar-refractivity contribution in [2.75, 3.05) is 38.5 Å². The Hall–Kier alpha value is -3.80. The summed E-state index contributed by atoms with van der Waals surface area (Å²) in [5.41, 5.74) is 2.35. The van der Waals surface area contributed by atoms with Gasteiger partial charge in [-0.05, 0) is 50.7 Å². The number of benzene rings is 1. The van der Waals surface area contributed by atoms with Crippen LogP contribution in [0.15, 0.2) is 42.7 Å². The molecule has 1 aliphatic rings. The van der Waals surface area contributed by atoms with Crippen LogP contribution in [-0.2, 0) is 11.3 Å². The molecule has 1 N–H and O–H groups in total.